The Hall–Kier alpha value is -2.22. The number of nitrogens with zero attached hydrogens (tertiary/aromatic N) is 1. The zero-order chi connectivity index (χ0) is 13.7. The minimum Gasteiger partial charge on any atom is -0.298 e. The van der Waals surface area contributed by atoms with Crippen molar-refractivity contribution in [1.29, 1.82) is 0 Å². The highest BCUT2D eigenvalue weighted by atomic mass is 15.5. The Bertz CT molecular complexity index is 517. The molecule has 2 nitrogen and oxygen atoms in total. The number of rotatable bonds is 5. The Morgan fingerprint density at radius 1 is 0.947 bits per heavy atom. The molecule has 1 N–H and O–H groups in total. The highest BCUT2D eigenvalue weighted by molar-refractivity contribution is 5.57. The van der Waals surface area contributed by atoms with Gasteiger partial charge in [-0.15, -0.1) is 6.58 Å². The van der Waals surface area contributed by atoms with Gasteiger partial charge in [0.25, 0.3) is 0 Å². The number of nitrogens with one attached hydrogen (secondary N) is 1. The van der Waals surface area contributed by atoms with E-state index in [-0.39, 0.29) is 5.54 Å². The number of benzene rings is 2. The van der Waals surface area contributed by atoms with E-state index in [4.69, 9.17) is 0 Å². The third-order valence-corrected chi connectivity index (χ3v) is 3.10. The summed E-state index contributed by atoms with van der Waals surface area (Å²) in [6.07, 6.45) is 1.94. The van der Waals surface area contributed by atoms with E-state index < -0.39 is 0 Å². The van der Waals surface area contributed by atoms with E-state index >= 15 is 0 Å². The van der Waals surface area contributed by atoms with Crippen LogP contribution < -0.4 is 10.4 Å². The lowest BCUT2D eigenvalue weighted by atomic mass is 10.0. The summed E-state index contributed by atoms with van der Waals surface area (Å²) >= 11 is 0. The van der Waals surface area contributed by atoms with Crippen molar-refractivity contribution in [3.63, 3.8) is 0 Å². The number of hydrazine groups is 1. The Kier molecular flexibility index (Phi) is 3.91. The van der Waals surface area contributed by atoms with Gasteiger partial charge < -0.3 is 0 Å². The number of anilines is 2. The summed E-state index contributed by atoms with van der Waals surface area (Å²) in [4.78, 5) is 0. The summed E-state index contributed by atoms with van der Waals surface area (Å²) in [5.41, 5.74) is 5.42. The molecule has 0 unspecified atom stereocenters. The molecule has 2 rings (SSSR count). The van der Waals surface area contributed by atoms with Crippen LogP contribution in [0.25, 0.3) is 0 Å². The third kappa shape index (κ3) is 3.16. The fourth-order valence-electron chi connectivity index (χ4n) is 1.85. The van der Waals surface area contributed by atoms with Crippen molar-refractivity contribution in [2.45, 2.75) is 19.4 Å². The van der Waals surface area contributed by atoms with Crippen LogP contribution >= 0.6 is 0 Å². The van der Waals surface area contributed by atoms with Gasteiger partial charge in [-0.2, -0.15) is 0 Å². The Labute approximate surface area is 115 Å². The molecule has 0 saturated carbocycles. The van der Waals surface area contributed by atoms with Gasteiger partial charge in [-0.1, -0.05) is 42.5 Å². The second kappa shape index (κ2) is 5.61. The number of hydrogen-bond acceptors (Lipinski definition) is 2. The standard InChI is InChI=1S/C17H20N2/c1-4-17(2,3)19(16-13-9-6-10-14-16)18-15-11-7-5-8-12-15/h4-14,18H,1H2,2-3H3. The van der Waals surface area contributed by atoms with Crippen LogP contribution in [-0.2, 0) is 0 Å². The third-order valence-electron chi connectivity index (χ3n) is 3.10. The first-order valence-electron chi connectivity index (χ1n) is 6.44. The quantitative estimate of drug-likeness (QED) is 0.623. The van der Waals surface area contributed by atoms with Gasteiger partial charge in [-0.3, -0.25) is 10.4 Å². The molecule has 98 valence electrons. The normalized spacial score (nSPS) is 10.8. The molecule has 0 aromatic heterocycles. The Balaban J connectivity index is 2.33. The van der Waals surface area contributed by atoms with E-state index in [1.165, 1.54) is 0 Å². The molecule has 0 atom stereocenters. The van der Waals surface area contributed by atoms with Crippen molar-refractivity contribution in [1.82, 2.24) is 0 Å². The maximum absolute atomic E-state index is 3.94. The molecule has 0 spiro atoms. The second-order valence-electron chi connectivity index (χ2n) is 5.01. The molecule has 0 aliphatic rings. The lowest BCUT2D eigenvalue weighted by Crippen LogP contribution is -2.46. The fourth-order valence-corrected chi connectivity index (χ4v) is 1.85. The molecule has 0 heterocycles. The fraction of sp³-hybridized carbons (Fsp3) is 0.176. The maximum Gasteiger partial charge on any atom is 0.0733 e. The van der Waals surface area contributed by atoms with E-state index in [1.54, 1.807) is 0 Å². The molecule has 2 heteroatoms. The highest BCUT2D eigenvalue weighted by Gasteiger charge is 2.23. The lowest BCUT2D eigenvalue weighted by Gasteiger charge is -2.38. The molecule has 19 heavy (non-hydrogen) atoms. The summed E-state index contributed by atoms with van der Waals surface area (Å²) in [7, 11) is 0. The first kappa shape index (κ1) is 13.2. The maximum atomic E-state index is 3.94. The monoisotopic (exact) mass is 252 g/mol. The predicted octanol–water partition coefficient (Wildman–Crippen LogP) is 4.48. The lowest BCUT2D eigenvalue weighted by molar-refractivity contribution is 0.600. The molecule has 0 aliphatic carbocycles. The van der Waals surface area contributed by atoms with Gasteiger partial charge in [-0.25, -0.2) is 0 Å². The van der Waals surface area contributed by atoms with Crippen LogP contribution in [0, 0.1) is 0 Å². The molecular formula is C17H20N2. The second-order valence-corrected chi connectivity index (χ2v) is 5.01. The van der Waals surface area contributed by atoms with Crippen molar-refractivity contribution in [3.05, 3.63) is 73.3 Å². The van der Waals surface area contributed by atoms with Crippen molar-refractivity contribution < 1.29 is 0 Å². The molecule has 0 radical (unpaired) electrons. The van der Waals surface area contributed by atoms with Gasteiger partial charge in [-0.05, 0) is 38.1 Å². The van der Waals surface area contributed by atoms with Crippen molar-refractivity contribution in [2.24, 2.45) is 0 Å². The van der Waals surface area contributed by atoms with Crippen molar-refractivity contribution in [2.75, 3.05) is 10.4 Å². The minimum absolute atomic E-state index is 0.197. The SMILES string of the molecule is C=CC(C)(C)N(Nc1ccccc1)c1ccccc1. The summed E-state index contributed by atoms with van der Waals surface area (Å²) < 4.78 is 0. The van der Waals surface area contributed by atoms with Gasteiger partial charge in [0.05, 0.1) is 16.9 Å². The first-order chi connectivity index (χ1) is 9.13. The molecule has 0 bridgehead atoms. The van der Waals surface area contributed by atoms with Crippen LogP contribution in [0.15, 0.2) is 73.3 Å². The van der Waals surface area contributed by atoms with E-state index in [2.05, 4.69) is 55.1 Å². The number of para-hydroxylation sites is 2. The molecule has 2 aromatic rings. The zero-order valence-corrected chi connectivity index (χ0v) is 11.5. The van der Waals surface area contributed by atoms with Crippen LogP contribution in [0.4, 0.5) is 11.4 Å². The van der Waals surface area contributed by atoms with Crippen LogP contribution in [0.2, 0.25) is 0 Å². The summed E-state index contributed by atoms with van der Waals surface area (Å²) in [6.45, 7) is 8.19. The largest absolute Gasteiger partial charge is 0.298 e. The predicted molar refractivity (Wildman–Crippen MR) is 83.3 cm³/mol. The average molecular weight is 252 g/mol. The summed E-state index contributed by atoms with van der Waals surface area (Å²) in [5, 5.41) is 2.12. The van der Waals surface area contributed by atoms with Gasteiger partial charge in [0, 0.05) is 0 Å². The van der Waals surface area contributed by atoms with Gasteiger partial charge >= 0.3 is 0 Å². The van der Waals surface area contributed by atoms with Crippen LogP contribution in [0.5, 0.6) is 0 Å². The van der Waals surface area contributed by atoms with E-state index in [0.29, 0.717) is 0 Å². The van der Waals surface area contributed by atoms with Crippen molar-refractivity contribution in [3.8, 4) is 0 Å². The van der Waals surface area contributed by atoms with E-state index in [9.17, 15) is 0 Å². The van der Waals surface area contributed by atoms with E-state index in [1.807, 2.05) is 42.5 Å². The van der Waals surface area contributed by atoms with Gasteiger partial charge in [0.15, 0.2) is 0 Å². The molecule has 0 saturated heterocycles. The molecular weight excluding hydrogens is 232 g/mol. The minimum atomic E-state index is -0.197. The van der Waals surface area contributed by atoms with Gasteiger partial charge in [0.1, 0.15) is 0 Å². The average Bonchev–Trinajstić information content (AvgIpc) is 2.46. The van der Waals surface area contributed by atoms with Gasteiger partial charge in [0.2, 0.25) is 0 Å². The van der Waals surface area contributed by atoms with Crippen LogP contribution in [0.3, 0.4) is 0 Å². The summed E-state index contributed by atoms with van der Waals surface area (Å²) in [6, 6.07) is 20.4. The van der Waals surface area contributed by atoms with Crippen molar-refractivity contribution >= 4 is 11.4 Å². The van der Waals surface area contributed by atoms with Crippen LogP contribution in [-0.4, -0.2) is 5.54 Å². The topological polar surface area (TPSA) is 15.3 Å². The Morgan fingerprint density at radius 3 is 2.00 bits per heavy atom. The number of hydrogen-bond donors (Lipinski definition) is 1. The molecule has 0 aliphatic heterocycles. The Morgan fingerprint density at radius 2 is 1.47 bits per heavy atom. The van der Waals surface area contributed by atoms with E-state index in [0.717, 1.165) is 11.4 Å². The van der Waals surface area contributed by atoms with Crippen LogP contribution in [0.1, 0.15) is 13.8 Å². The smallest absolute Gasteiger partial charge is 0.0733 e. The zero-order valence-electron chi connectivity index (χ0n) is 11.5. The summed E-state index contributed by atoms with van der Waals surface area (Å²) in [5.74, 6) is 0. The first-order valence-corrected chi connectivity index (χ1v) is 6.44. The molecule has 0 amide bonds. The molecule has 2 aromatic carbocycles. The highest BCUT2D eigenvalue weighted by Crippen LogP contribution is 2.25. The molecule has 0 fully saturated rings.